The van der Waals surface area contributed by atoms with E-state index in [2.05, 4.69) is 25.8 Å². The van der Waals surface area contributed by atoms with E-state index in [0.717, 1.165) is 48.9 Å². The summed E-state index contributed by atoms with van der Waals surface area (Å²) in [5.74, 6) is 2.07. The number of anilines is 2. The number of piperazine rings is 1. The lowest BCUT2D eigenvalue weighted by atomic mass is 10.2. The Kier molecular flexibility index (Phi) is 4.35. The lowest BCUT2D eigenvalue weighted by Crippen LogP contribution is -2.49. The molecule has 0 saturated carbocycles. The van der Waals surface area contributed by atoms with Gasteiger partial charge in [0.1, 0.15) is 18.0 Å². The number of fused-ring (bicyclic) bond motifs is 1. The Morgan fingerprint density at radius 1 is 0.857 bits per heavy atom. The van der Waals surface area contributed by atoms with Crippen molar-refractivity contribution in [3.05, 3.63) is 54.6 Å². The molecule has 2 saturated heterocycles. The molecule has 3 aromatic heterocycles. The average molecular weight is 376 g/mol. The number of hydrogen-bond donors (Lipinski definition) is 0. The Morgan fingerprint density at radius 3 is 2.29 bits per heavy atom. The van der Waals surface area contributed by atoms with Crippen LogP contribution in [0.4, 0.5) is 11.6 Å². The van der Waals surface area contributed by atoms with Gasteiger partial charge < -0.3 is 19.1 Å². The fourth-order valence-electron chi connectivity index (χ4n) is 4.12. The quantitative estimate of drug-likeness (QED) is 0.702. The molecule has 0 N–H and O–H groups in total. The van der Waals surface area contributed by atoms with E-state index in [1.807, 2.05) is 46.0 Å². The summed E-state index contributed by atoms with van der Waals surface area (Å²) in [6, 6.07) is 10.0. The largest absolute Gasteiger partial charge is 0.356 e. The minimum Gasteiger partial charge on any atom is -0.356 e. The highest BCUT2D eigenvalue weighted by molar-refractivity contribution is 5.95. The smallest absolute Gasteiger partial charge is 0.255 e. The van der Waals surface area contributed by atoms with Crippen LogP contribution in [0.2, 0.25) is 0 Å². The Hall–Kier alpha value is -3.09. The molecule has 2 aliphatic heterocycles. The first-order chi connectivity index (χ1) is 13.8. The summed E-state index contributed by atoms with van der Waals surface area (Å²) in [4.78, 5) is 28.3. The van der Waals surface area contributed by atoms with Gasteiger partial charge in [0.05, 0.1) is 5.56 Å². The van der Waals surface area contributed by atoms with Crippen molar-refractivity contribution in [1.29, 1.82) is 0 Å². The number of carbonyl (C=O) groups is 1. The van der Waals surface area contributed by atoms with Crippen molar-refractivity contribution >= 4 is 23.1 Å². The van der Waals surface area contributed by atoms with Crippen molar-refractivity contribution in [1.82, 2.24) is 19.3 Å². The van der Waals surface area contributed by atoms with Gasteiger partial charge in [-0.15, -0.1) is 0 Å². The molecule has 1 amide bonds. The van der Waals surface area contributed by atoms with E-state index < -0.39 is 0 Å². The first-order valence-electron chi connectivity index (χ1n) is 9.96. The minimum absolute atomic E-state index is 0.101. The number of amides is 1. The van der Waals surface area contributed by atoms with Crippen LogP contribution < -0.4 is 9.80 Å². The molecule has 0 aliphatic carbocycles. The van der Waals surface area contributed by atoms with Crippen molar-refractivity contribution in [2.45, 2.75) is 12.8 Å². The lowest BCUT2D eigenvalue weighted by Gasteiger charge is -2.35. The van der Waals surface area contributed by atoms with Gasteiger partial charge >= 0.3 is 0 Å². The molecular weight excluding hydrogens is 352 g/mol. The van der Waals surface area contributed by atoms with Crippen LogP contribution in [0.25, 0.3) is 5.52 Å². The molecule has 3 aromatic rings. The molecule has 5 rings (SSSR count). The zero-order valence-electron chi connectivity index (χ0n) is 15.9. The monoisotopic (exact) mass is 376 g/mol. The molecule has 2 fully saturated rings. The summed E-state index contributed by atoms with van der Waals surface area (Å²) < 4.78 is 1.99. The lowest BCUT2D eigenvalue weighted by molar-refractivity contribution is 0.0746. The van der Waals surface area contributed by atoms with Crippen LogP contribution in [0.5, 0.6) is 0 Å². The van der Waals surface area contributed by atoms with E-state index in [1.54, 1.807) is 6.33 Å². The molecule has 7 heteroatoms. The van der Waals surface area contributed by atoms with Gasteiger partial charge in [0, 0.05) is 63.2 Å². The second-order valence-electron chi connectivity index (χ2n) is 7.47. The molecule has 144 valence electrons. The zero-order chi connectivity index (χ0) is 18.9. The first-order valence-corrected chi connectivity index (χ1v) is 9.96. The van der Waals surface area contributed by atoms with Crippen molar-refractivity contribution in [3.8, 4) is 0 Å². The summed E-state index contributed by atoms with van der Waals surface area (Å²) in [7, 11) is 0. The Bertz CT molecular complexity index is 952. The number of hydrogen-bond acceptors (Lipinski definition) is 5. The Morgan fingerprint density at radius 2 is 1.57 bits per heavy atom. The van der Waals surface area contributed by atoms with Crippen molar-refractivity contribution in [2.75, 3.05) is 49.1 Å². The van der Waals surface area contributed by atoms with E-state index >= 15 is 0 Å². The zero-order valence-corrected chi connectivity index (χ0v) is 15.9. The van der Waals surface area contributed by atoms with E-state index in [-0.39, 0.29) is 5.91 Å². The van der Waals surface area contributed by atoms with Gasteiger partial charge in [0.15, 0.2) is 0 Å². The summed E-state index contributed by atoms with van der Waals surface area (Å²) >= 11 is 0. The van der Waals surface area contributed by atoms with E-state index in [4.69, 9.17) is 0 Å². The average Bonchev–Trinajstić information content (AvgIpc) is 3.43. The van der Waals surface area contributed by atoms with Gasteiger partial charge in [-0.25, -0.2) is 9.97 Å². The third kappa shape index (κ3) is 3.17. The standard InChI is InChI=1S/C21H24N6O/c28-21(17-13-18-5-1-2-8-27(18)15-17)26-11-9-25(10-12-26)20-14-19(22-16-23-20)24-6-3-4-7-24/h1-2,5,8,13-16H,3-4,6-7,9-12H2. The number of aromatic nitrogens is 3. The Balaban J connectivity index is 1.26. The van der Waals surface area contributed by atoms with Gasteiger partial charge in [-0.2, -0.15) is 0 Å². The maximum absolute atomic E-state index is 12.9. The minimum atomic E-state index is 0.101. The second kappa shape index (κ2) is 7.14. The fraction of sp³-hybridized carbons (Fsp3) is 0.381. The van der Waals surface area contributed by atoms with Crippen LogP contribution in [0.15, 0.2) is 49.1 Å². The van der Waals surface area contributed by atoms with Crippen molar-refractivity contribution in [2.24, 2.45) is 0 Å². The first kappa shape index (κ1) is 17.0. The van der Waals surface area contributed by atoms with Crippen LogP contribution >= 0.6 is 0 Å². The molecule has 0 radical (unpaired) electrons. The van der Waals surface area contributed by atoms with Crippen LogP contribution in [0, 0.1) is 0 Å². The molecule has 2 aliphatic rings. The maximum Gasteiger partial charge on any atom is 0.255 e. The van der Waals surface area contributed by atoms with E-state index in [1.165, 1.54) is 12.8 Å². The van der Waals surface area contributed by atoms with Gasteiger partial charge in [-0.05, 0) is 31.0 Å². The van der Waals surface area contributed by atoms with Crippen LogP contribution in [-0.4, -0.2) is 64.4 Å². The van der Waals surface area contributed by atoms with Crippen LogP contribution in [-0.2, 0) is 0 Å². The predicted octanol–water partition coefficient (Wildman–Crippen LogP) is 2.29. The SMILES string of the molecule is O=C(c1cc2ccccn2c1)N1CCN(c2cc(N3CCCC3)ncn2)CC1. The number of pyridine rings is 1. The molecule has 28 heavy (non-hydrogen) atoms. The summed E-state index contributed by atoms with van der Waals surface area (Å²) in [5.41, 5.74) is 1.79. The predicted molar refractivity (Wildman–Crippen MR) is 109 cm³/mol. The van der Waals surface area contributed by atoms with Gasteiger partial charge in [0.2, 0.25) is 0 Å². The molecule has 5 heterocycles. The molecule has 0 aromatic carbocycles. The molecule has 0 spiro atoms. The summed E-state index contributed by atoms with van der Waals surface area (Å²) in [6.45, 7) is 5.13. The van der Waals surface area contributed by atoms with Crippen LogP contribution in [0.1, 0.15) is 23.2 Å². The third-order valence-electron chi connectivity index (χ3n) is 5.71. The highest BCUT2D eigenvalue weighted by atomic mass is 16.2. The van der Waals surface area contributed by atoms with Gasteiger partial charge in [-0.3, -0.25) is 4.79 Å². The second-order valence-corrected chi connectivity index (χ2v) is 7.47. The van der Waals surface area contributed by atoms with E-state index in [9.17, 15) is 4.79 Å². The molecule has 0 unspecified atom stereocenters. The van der Waals surface area contributed by atoms with Gasteiger partial charge in [0.25, 0.3) is 5.91 Å². The Labute approximate surface area is 164 Å². The normalized spacial score (nSPS) is 17.5. The highest BCUT2D eigenvalue weighted by Gasteiger charge is 2.24. The molecule has 0 atom stereocenters. The summed E-state index contributed by atoms with van der Waals surface area (Å²) in [6.07, 6.45) is 8.01. The number of nitrogens with zero attached hydrogens (tertiary/aromatic N) is 6. The van der Waals surface area contributed by atoms with Gasteiger partial charge in [-0.1, -0.05) is 6.07 Å². The topological polar surface area (TPSA) is 57.0 Å². The number of carbonyl (C=O) groups excluding carboxylic acids is 1. The fourth-order valence-corrected chi connectivity index (χ4v) is 4.12. The highest BCUT2D eigenvalue weighted by Crippen LogP contribution is 2.22. The molecular formula is C21H24N6O. The van der Waals surface area contributed by atoms with Crippen molar-refractivity contribution in [3.63, 3.8) is 0 Å². The maximum atomic E-state index is 12.9. The number of rotatable bonds is 3. The van der Waals surface area contributed by atoms with Crippen molar-refractivity contribution < 1.29 is 4.79 Å². The summed E-state index contributed by atoms with van der Waals surface area (Å²) in [5, 5.41) is 0. The van der Waals surface area contributed by atoms with Crippen LogP contribution in [0.3, 0.4) is 0 Å². The third-order valence-corrected chi connectivity index (χ3v) is 5.71. The molecule has 0 bridgehead atoms. The molecule has 7 nitrogen and oxygen atoms in total. The van der Waals surface area contributed by atoms with E-state index in [0.29, 0.717) is 13.1 Å².